The molecule has 0 aliphatic heterocycles. The minimum atomic E-state index is -0.344. The van der Waals surface area contributed by atoms with Crippen LogP contribution in [0.3, 0.4) is 0 Å². The number of carbonyl (C=O) groups excluding carboxylic acids is 1. The van der Waals surface area contributed by atoms with E-state index in [4.69, 9.17) is 0 Å². The van der Waals surface area contributed by atoms with Gasteiger partial charge in [-0.1, -0.05) is 55.9 Å². The highest BCUT2D eigenvalue weighted by atomic mass is 32.2. The Morgan fingerprint density at radius 2 is 1.82 bits per heavy atom. The molecule has 1 amide bonds. The lowest BCUT2D eigenvalue weighted by Gasteiger charge is -2.16. The molecule has 4 rings (SSSR count). The number of benzene rings is 2. The summed E-state index contributed by atoms with van der Waals surface area (Å²) in [5.74, 6) is 0.604. The second-order valence-electron chi connectivity index (χ2n) is 8.46. The average Bonchev–Trinajstić information content (AvgIpc) is 3.45. The molecular weight excluding hydrogens is 451 g/mol. The second kappa shape index (κ2) is 10.6. The van der Waals surface area contributed by atoms with Crippen molar-refractivity contribution < 1.29 is 9.18 Å². The van der Waals surface area contributed by atoms with Gasteiger partial charge in [-0.25, -0.2) is 9.07 Å². The Morgan fingerprint density at radius 1 is 1.09 bits per heavy atom. The van der Waals surface area contributed by atoms with Crippen LogP contribution in [0, 0.1) is 11.7 Å². The van der Waals surface area contributed by atoms with Gasteiger partial charge in [-0.2, -0.15) is 5.10 Å². The number of aromatic nitrogens is 5. The summed E-state index contributed by atoms with van der Waals surface area (Å²) >= 11 is 1.31. The highest BCUT2D eigenvalue weighted by Gasteiger charge is 2.20. The van der Waals surface area contributed by atoms with Crippen LogP contribution >= 0.6 is 11.8 Å². The van der Waals surface area contributed by atoms with E-state index in [1.807, 2.05) is 41.1 Å². The fourth-order valence-corrected chi connectivity index (χ4v) is 4.42. The number of carbonyl (C=O) groups is 1. The van der Waals surface area contributed by atoms with E-state index in [-0.39, 0.29) is 17.5 Å². The summed E-state index contributed by atoms with van der Waals surface area (Å²) in [6.07, 6.45) is 3.69. The molecule has 0 unspecified atom stereocenters. The number of para-hydroxylation sites is 1. The summed E-state index contributed by atoms with van der Waals surface area (Å²) in [5.41, 5.74) is 2.31. The van der Waals surface area contributed by atoms with Crippen molar-refractivity contribution in [3.05, 3.63) is 78.4 Å². The van der Waals surface area contributed by atoms with Gasteiger partial charge in [-0.05, 0) is 30.2 Å². The van der Waals surface area contributed by atoms with Gasteiger partial charge >= 0.3 is 0 Å². The zero-order valence-electron chi connectivity index (χ0n) is 19.4. The predicted molar refractivity (Wildman–Crippen MR) is 131 cm³/mol. The lowest BCUT2D eigenvalue weighted by Crippen LogP contribution is -2.27. The molecule has 7 nitrogen and oxygen atoms in total. The molecule has 2 aromatic heterocycles. The minimum absolute atomic E-state index is 0.0380. The van der Waals surface area contributed by atoms with Gasteiger partial charge in [-0.3, -0.25) is 4.79 Å². The molecule has 9 heteroatoms. The summed E-state index contributed by atoms with van der Waals surface area (Å²) in [7, 11) is 1.77. The Balaban J connectivity index is 1.42. The van der Waals surface area contributed by atoms with Crippen LogP contribution in [0.25, 0.3) is 17.1 Å². The first kappa shape index (κ1) is 23.7. The molecule has 0 aliphatic carbocycles. The molecule has 2 heterocycles. The van der Waals surface area contributed by atoms with Crippen molar-refractivity contribution in [2.24, 2.45) is 5.92 Å². The van der Waals surface area contributed by atoms with Gasteiger partial charge in [0.05, 0.1) is 23.2 Å². The summed E-state index contributed by atoms with van der Waals surface area (Å²) < 4.78 is 18.1. The number of nitrogens with zero attached hydrogens (tertiary/aromatic N) is 6. The van der Waals surface area contributed by atoms with Crippen molar-refractivity contribution in [2.75, 3.05) is 12.8 Å². The third-order valence-electron chi connectivity index (χ3n) is 5.21. The van der Waals surface area contributed by atoms with Crippen molar-refractivity contribution in [2.45, 2.75) is 32.1 Å². The predicted octanol–water partition coefficient (Wildman–Crippen LogP) is 4.68. The van der Waals surface area contributed by atoms with E-state index >= 15 is 0 Å². The van der Waals surface area contributed by atoms with Crippen molar-refractivity contribution in [3.63, 3.8) is 0 Å². The maximum absolute atomic E-state index is 14.4. The molecule has 34 heavy (non-hydrogen) atoms. The van der Waals surface area contributed by atoms with Crippen LogP contribution in [0.5, 0.6) is 0 Å². The quantitative estimate of drug-likeness (QED) is 0.327. The number of halogens is 1. The van der Waals surface area contributed by atoms with Gasteiger partial charge in [0, 0.05) is 31.9 Å². The van der Waals surface area contributed by atoms with E-state index in [1.165, 1.54) is 17.8 Å². The SMILES string of the molecule is CC(C)Cn1c(SCC(=O)N(C)Cc2cnn(-c3ccccc3)c2)nnc1-c1ccccc1F. The zero-order chi connectivity index (χ0) is 24.1. The molecule has 0 radical (unpaired) electrons. The van der Waals surface area contributed by atoms with Gasteiger partial charge in [-0.15, -0.1) is 10.2 Å². The first-order chi connectivity index (χ1) is 16.4. The number of amides is 1. The zero-order valence-corrected chi connectivity index (χ0v) is 20.2. The van der Waals surface area contributed by atoms with Crippen LogP contribution in [0.15, 0.2) is 72.1 Å². The molecular formula is C25H27FN6OS. The Labute approximate surface area is 202 Å². The largest absolute Gasteiger partial charge is 0.341 e. The number of thioether (sulfide) groups is 1. The van der Waals surface area contributed by atoms with Crippen LogP contribution in [-0.4, -0.2) is 48.2 Å². The Hall–Kier alpha value is -3.46. The third kappa shape index (κ3) is 5.53. The molecule has 176 valence electrons. The highest BCUT2D eigenvalue weighted by molar-refractivity contribution is 7.99. The van der Waals surface area contributed by atoms with Crippen LogP contribution in [0.1, 0.15) is 19.4 Å². The average molecular weight is 479 g/mol. The van der Waals surface area contributed by atoms with Gasteiger partial charge < -0.3 is 9.47 Å². The summed E-state index contributed by atoms with van der Waals surface area (Å²) in [5, 5.41) is 13.5. The lowest BCUT2D eigenvalue weighted by atomic mass is 10.2. The Kier molecular flexibility index (Phi) is 7.42. The summed E-state index contributed by atoms with van der Waals surface area (Å²) in [6, 6.07) is 16.4. The van der Waals surface area contributed by atoms with E-state index < -0.39 is 0 Å². The van der Waals surface area contributed by atoms with Gasteiger partial charge in [0.15, 0.2) is 11.0 Å². The highest BCUT2D eigenvalue weighted by Crippen LogP contribution is 2.27. The molecule has 0 atom stereocenters. The maximum atomic E-state index is 14.4. The molecule has 0 bridgehead atoms. The van der Waals surface area contributed by atoms with Gasteiger partial charge in [0.1, 0.15) is 5.82 Å². The number of hydrogen-bond donors (Lipinski definition) is 0. The van der Waals surface area contributed by atoms with Crippen LogP contribution < -0.4 is 0 Å². The van der Waals surface area contributed by atoms with Gasteiger partial charge in [0.25, 0.3) is 0 Å². The number of hydrogen-bond acceptors (Lipinski definition) is 5. The standard InChI is InChI=1S/C25H27FN6OS/c1-18(2)14-31-24(21-11-7-8-12-22(21)26)28-29-25(31)34-17-23(33)30(3)15-19-13-27-32(16-19)20-9-5-4-6-10-20/h4-13,16,18H,14-15,17H2,1-3H3. The molecule has 0 fully saturated rings. The summed E-state index contributed by atoms with van der Waals surface area (Å²) in [6.45, 7) is 5.23. The Morgan fingerprint density at radius 3 is 2.56 bits per heavy atom. The van der Waals surface area contributed by atoms with Crippen molar-refractivity contribution in [1.29, 1.82) is 0 Å². The monoisotopic (exact) mass is 478 g/mol. The molecule has 0 aliphatic rings. The summed E-state index contributed by atoms with van der Waals surface area (Å²) in [4.78, 5) is 14.5. The minimum Gasteiger partial charge on any atom is -0.341 e. The van der Waals surface area contributed by atoms with Crippen LogP contribution in [0.2, 0.25) is 0 Å². The van der Waals surface area contributed by atoms with Gasteiger partial charge in [0.2, 0.25) is 5.91 Å². The van der Waals surface area contributed by atoms with E-state index in [2.05, 4.69) is 29.1 Å². The van der Waals surface area contributed by atoms with Crippen molar-refractivity contribution >= 4 is 17.7 Å². The van der Waals surface area contributed by atoms with E-state index in [0.29, 0.717) is 35.6 Å². The molecule has 2 aromatic carbocycles. The van der Waals surface area contributed by atoms with E-state index in [0.717, 1.165) is 11.3 Å². The Bertz CT molecular complexity index is 1250. The van der Waals surface area contributed by atoms with Crippen molar-refractivity contribution in [1.82, 2.24) is 29.4 Å². The van der Waals surface area contributed by atoms with E-state index in [1.54, 1.807) is 41.0 Å². The van der Waals surface area contributed by atoms with Crippen LogP contribution in [-0.2, 0) is 17.9 Å². The normalized spacial score (nSPS) is 11.2. The first-order valence-electron chi connectivity index (χ1n) is 11.1. The molecule has 0 spiro atoms. The lowest BCUT2D eigenvalue weighted by molar-refractivity contribution is -0.127. The molecule has 0 saturated heterocycles. The second-order valence-corrected chi connectivity index (χ2v) is 9.40. The first-order valence-corrected chi connectivity index (χ1v) is 12.0. The van der Waals surface area contributed by atoms with E-state index in [9.17, 15) is 9.18 Å². The molecule has 4 aromatic rings. The molecule has 0 N–H and O–H groups in total. The third-order valence-corrected chi connectivity index (χ3v) is 6.16. The molecule has 0 saturated carbocycles. The topological polar surface area (TPSA) is 68.8 Å². The fraction of sp³-hybridized carbons (Fsp3) is 0.280. The number of rotatable bonds is 9. The van der Waals surface area contributed by atoms with Crippen LogP contribution in [0.4, 0.5) is 4.39 Å². The van der Waals surface area contributed by atoms with Crippen molar-refractivity contribution in [3.8, 4) is 17.1 Å². The fourth-order valence-electron chi connectivity index (χ4n) is 3.53. The smallest absolute Gasteiger partial charge is 0.233 e. The maximum Gasteiger partial charge on any atom is 0.233 e.